The third-order valence-electron chi connectivity index (χ3n) is 5.63. The van der Waals surface area contributed by atoms with Crippen LogP contribution in [0.3, 0.4) is 0 Å². The molecule has 1 saturated carbocycles. The van der Waals surface area contributed by atoms with E-state index in [2.05, 4.69) is 17.1 Å². The standard InChI is InChI=1S/C16H13ClN4OS/c1-13(10-3-2-4-11(17)7-10)14(8-18)12(20)21-16(15(13,14)9-19)22-5-6-23-16/h2-4,7H,5-6H2,1H3,(H2,20,21)/p+1/t13-,14+,15-,16-/m1/s1. The molecule has 0 bridgehead atoms. The highest BCUT2D eigenvalue weighted by atomic mass is 35.5. The van der Waals surface area contributed by atoms with Crippen LogP contribution in [0.1, 0.15) is 12.5 Å². The summed E-state index contributed by atoms with van der Waals surface area (Å²) < 4.78 is 5.94. The lowest BCUT2D eigenvalue weighted by molar-refractivity contribution is -0.584. The minimum Gasteiger partial charge on any atom is -0.327 e. The zero-order valence-corrected chi connectivity index (χ0v) is 14.0. The molecule has 23 heavy (non-hydrogen) atoms. The van der Waals surface area contributed by atoms with Gasteiger partial charge in [-0.3, -0.25) is 5.73 Å². The number of nitrogens with one attached hydrogen (secondary N) is 1. The summed E-state index contributed by atoms with van der Waals surface area (Å²) in [4.78, 5) is 3.11. The molecule has 3 N–H and O–H groups in total. The lowest BCUT2D eigenvalue weighted by atomic mass is 9.85. The van der Waals surface area contributed by atoms with E-state index in [1.54, 1.807) is 12.1 Å². The van der Waals surface area contributed by atoms with Gasteiger partial charge in [0.05, 0.1) is 24.2 Å². The number of nitriles is 2. The molecule has 2 aliphatic heterocycles. The van der Waals surface area contributed by atoms with Crippen LogP contribution in [0.5, 0.6) is 0 Å². The van der Waals surface area contributed by atoms with E-state index in [0.29, 0.717) is 17.5 Å². The summed E-state index contributed by atoms with van der Waals surface area (Å²) in [5, 5.41) is 19.7. The Morgan fingerprint density at radius 3 is 2.74 bits per heavy atom. The molecule has 0 amide bonds. The summed E-state index contributed by atoms with van der Waals surface area (Å²) in [6.45, 7) is 2.42. The third kappa shape index (κ3) is 1.23. The van der Waals surface area contributed by atoms with Crippen LogP contribution in [0, 0.1) is 33.5 Å². The van der Waals surface area contributed by atoms with Gasteiger partial charge in [-0.05, 0) is 17.7 Å². The number of rotatable bonds is 1. The Hall–Kier alpha value is -1.73. The molecule has 116 valence electrons. The quantitative estimate of drug-likeness (QED) is 0.772. The molecule has 1 spiro atoms. The second-order valence-electron chi connectivity index (χ2n) is 6.21. The van der Waals surface area contributed by atoms with Crippen LogP contribution in [0.15, 0.2) is 24.3 Å². The summed E-state index contributed by atoms with van der Waals surface area (Å²) in [5.74, 6) is 1.05. The fourth-order valence-corrected chi connectivity index (χ4v) is 6.20. The van der Waals surface area contributed by atoms with Gasteiger partial charge in [0.1, 0.15) is 0 Å². The Balaban J connectivity index is 2.02. The molecule has 1 aliphatic carbocycles. The number of benzene rings is 1. The van der Waals surface area contributed by atoms with Crippen molar-refractivity contribution in [3.8, 4) is 12.1 Å². The number of thioether (sulfide) groups is 1. The molecule has 1 saturated heterocycles. The predicted octanol–water partition coefficient (Wildman–Crippen LogP) is 0.500. The first-order valence-electron chi connectivity index (χ1n) is 7.23. The first kappa shape index (κ1) is 14.8. The van der Waals surface area contributed by atoms with Crippen LogP contribution in [0.25, 0.3) is 0 Å². The molecule has 0 unspecified atom stereocenters. The van der Waals surface area contributed by atoms with Crippen molar-refractivity contribution in [1.82, 2.24) is 0 Å². The first-order chi connectivity index (χ1) is 11.0. The van der Waals surface area contributed by atoms with Crippen molar-refractivity contribution in [2.45, 2.75) is 17.4 Å². The van der Waals surface area contributed by atoms with E-state index in [4.69, 9.17) is 22.1 Å². The molecular weight excluding hydrogens is 332 g/mol. The van der Waals surface area contributed by atoms with Gasteiger partial charge in [0, 0.05) is 10.8 Å². The number of fused-ring (bicyclic) bond motifs is 2. The molecule has 4 atom stereocenters. The Kier molecular flexibility index (Phi) is 2.72. The summed E-state index contributed by atoms with van der Waals surface area (Å²) in [5.41, 5.74) is 4.03. The average Bonchev–Trinajstić information content (AvgIpc) is 2.82. The lowest BCUT2D eigenvalue weighted by Crippen LogP contribution is -2.88. The van der Waals surface area contributed by atoms with Crippen molar-refractivity contribution in [3.63, 3.8) is 0 Å². The number of nitrogens with zero attached hydrogens (tertiary/aromatic N) is 2. The van der Waals surface area contributed by atoms with Gasteiger partial charge in [-0.15, -0.1) is 0 Å². The number of halogens is 1. The van der Waals surface area contributed by atoms with Gasteiger partial charge in [-0.2, -0.15) is 10.5 Å². The molecule has 2 fully saturated rings. The van der Waals surface area contributed by atoms with Crippen molar-refractivity contribution < 1.29 is 9.73 Å². The van der Waals surface area contributed by atoms with Crippen molar-refractivity contribution in [2.75, 3.05) is 12.4 Å². The van der Waals surface area contributed by atoms with Crippen molar-refractivity contribution in [2.24, 2.45) is 16.6 Å². The first-order valence-corrected chi connectivity index (χ1v) is 8.60. The van der Waals surface area contributed by atoms with Crippen molar-refractivity contribution in [3.05, 3.63) is 34.9 Å². The van der Waals surface area contributed by atoms with Gasteiger partial charge in [0.2, 0.25) is 0 Å². The summed E-state index contributed by atoms with van der Waals surface area (Å²) in [6, 6.07) is 12.0. The molecule has 1 aromatic rings. The molecule has 2 heterocycles. The lowest BCUT2D eigenvalue weighted by Gasteiger charge is -2.27. The van der Waals surface area contributed by atoms with Gasteiger partial charge in [-0.1, -0.05) is 42.4 Å². The van der Waals surface area contributed by atoms with Crippen molar-refractivity contribution >= 4 is 29.2 Å². The summed E-state index contributed by atoms with van der Waals surface area (Å²) in [6.07, 6.45) is 0. The van der Waals surface area contributed by atoms with E-state index >= 15 is 0 Å². The van der Waals surface area contributed by atoms with Gasteiger partial charge in [0.15, 0.2) is 10.8 Å². The molecule has 3 aliphatic rings. The second kappa shape index (κ2) is 4.21. The van der Waals surface area contributed by atoms with E-state index in [1.807, 2.05) is 19.1 Å². The molecule has 4 rings (SSSR count). The number of ether oxygens (including phenoxy) is 1. The van der Waals surface area contributed by atoms with Crippen LogP contribution < -0.4 is 10.7 Å². The maximum Gasteiger partial charge on any atom is 0.278 e. The minimum absolute atomic E-state index is 0.304. The number of nitrogens with two attached hydrogens (primary N) is 1. The molecule has 0 aromatic heterocycles. The Bertz CT molecular complexity index is 837. The SMILES string of the molecule is C[C@@]1(c2cccc(Cl)c2)[C@]2(C#N)C(N)=[NH+][C@@]3(OCCS3)[C@@]21C#N. The van der Waals surface area contributed by atoms with E-state index in [9.17, 15) is 10.5 Å². The summed E-state index contributed by atoms with van der Waals surface area (Å²) >= 11 is 7.65. The van der Waals surface area contributed by atoms with Crippen LogP contribution in [-0.2, 0) is 10.2 Å². The van der Waals surface area contributed by atoms with E-state index in [0.717, 1.165) is 11.3 Å². The normalized spacial score (nSPS) is 43.6. The van der Waals surface area contributed by atoms with Gasteiger partial charge < -0.3 is 4.74 Å². The van der Waals surface area contributed by atoms with Crippen LogP contribution in [0.2, 0.25) is 5.02 Å². The summed E-state index contributed by atoms with van der Waals surface area (Å²) in [7, 11) is 0. The number of hydrogen-bond acceptors (Lipinski definition) is 5. The second-order valence-corrected chi connectivity index (χ2v) is 7.92. The fraction of sp³-hybridized carbons (Fsp3) is 0.438. The molecule has 5 nitrogen and oxygen atoms in total. The monoisotopic (exact) mass is 345 g/mol. The topological polar surface area (TPSA) is 96.8 Å². The fourth-order valence-electron chi connectivity index (χ4n) is 4.59. The third-order valence-corrected chi connectivity index (χ3v) is 7.17. The zero-order valence-electron chi connectivity index (χ0n) is 12.4. The largest absolute Gasteiger partial charge is 0.327 e. The highest BCUT2D eigenvalue weighted by Gasteiger charge is 3.02. The molecular formula is C16H14ClN4OS+. The Labute approximate surface area is 143 Å². The molecule has 0 radical (unpaired) electrons. The van der Waals surface area contributed by atoms with E-state index in [-0.39, 0.29) is 0 Å². The van der Waals surface area contributed by atoms with Gasteiger partial charge in [0.25, 0.3) is 10.9 Å². The van der Waals surface area contributed by atoms with E-state index < -0.39 is 21.3 Å². The zero-order chi connectivity index (χ0) is 16.5. The van der Waals surface area contributed by atoms with Gasteiger partial charge in [-0.25, -0.2) is 4.99 Å². The van der Waals surface area contributed by atoms with E-state index in [1.165, 1.54) is 11.8 Å². The average molecular weight is 346 g/mol. The molecule has 7 heteroatoms. The highest BCUT2D eigenvalue weighted by Crippen LogP contribution is 2.83. The minimum atomic E-state index is -1.14. The van der Waals surface area contributed by atoms with Crippen LogP contribution >= 0.6 is 23.4 Å². The van der Waals surface area contributed by atoms with Crippen molar-refractivity contribution in [1.29, 1.82) is 10.5 Å². The van der Waals surface area contributed by atoms with Crippen LogP contribution in [-0.4, -0.2) is 23.3 Å². The molecule has 1 aromatic carbocycles. The predicted molar refractivity (Wildman–Crippen MR) is 86.2 cm³/mol. The Morgan fingerprint density at radius 2 is 2.17 bits per heavy atom. The number of amidine groups is 1. The van der Waals surface area contributed by atoms with Gasteiger partial charge >= 0.3 is 0 Å². The number of hydrogen-bond donors (Lipinski definition) is 2. The maximum atomic E-state index is 10.1. The smallest absolute Gasteiger partial charge is 0.278 e. The maximum absolute atomic E-state index is 10.1. The highest BCUT2D eigenvalue weighted by molar-refractivity contribution is 8.00. The van der Waals surface area contributed by atoms with Crippen LogP contribution in [0.4, 0.5) is 0 Å². The Morgan fingerprint density at radius 1 is 1.39 bits per heavy atom.